The molecule has 3 aromatic carbocycles. The third-order valence-electron chi connectivity index (χ3n) is 7.68. The number of nitrogens with zero attached hydrogens (tertiary/aromatic N) is 2. The molecule has 1 saturated carbocycles. The number of anilines is 1. The first kappa shape index (κ1) is 30.3. The fraction of sp³-hybridized carbons (Fsp3) is 0.394. The van der Waals surface area contributed by atoms with Crippen molar-refractivity contribution < 1.29 is 18.0 Å². The Hall–Kier alpha value is -3.65. The highest BCUT2D eigenvalue weighted by Gasteiger charge is 2.34. The molecule has 0 bridgehead atoms. The fourth-order valence-corrected chi connectivity index (χ4v) is 7.03. The van der Waals surface area contributed by atoms with Gasteiger partial charge < -0.3 is 10.2 Å². The van der Waals surface area contributed by atoms with E-state index in [9.17, 15) is 18.0 Å². The number of hydrogen-bond donors (Lipinski definition) is 1. The van der Waals surface area contributed by atoms with Crippen molar-refractivity contribution in [3.63, 3.8) is 0 Å². The smallest absolute Gasteiger partial charge is 0.264 e. The van der Waals surface area contributed by atoms with E-state index in [0.717, 1.165) is 42.4 Å². The van der Waals surface area contributed by atoms with Crippen LogP contribution in [0.3, 0.4) is 0 Å². The molecule has 1 fully saturated rings. The van der Waals surface area contributed by atoms with Gasteiger partial charge in [0.05, 0.1) is 10.6 Å². The number of nitrogens with one attached hydrogen (secondary N) is 1. The first-order valence-corrected chi connectivity index (χ1v) is 15.9. The maximum Gasteiger partial charge on any atom is 0.264 e. The topological polar surface area (TPSA) is 86.8 Å². The maximum absolute atomic E-state index is 14.2. The minimum absolute atomic E-state index is 0.105. The summed E-state index contributed by atoms with van der Waals surface area (Å²) in [4.78, 5) is 29.4. The predicted octanol–water partition coefficient (Wildman–Crippen LogP) is 5.41. The zero-order chi connectivity index (χ0) is 29.4. The maximum atomic E-state index is 14.2. The lowest BCUT2D eigenvalue weighted by atomic mass is 10.1. The van der Waals surface area contributed by atoms with E-state index >= 15 is 0 Å². The Morgan fingerprint density at radius 1 is 0.902 bits per heavy atom. The highest BCUT2D eigenvalue weighted by atomic mass is 32.2. The summed E-state index contributed by atoms with van der Waals surface area (Å²) in [5.74, 6) is -0.585. The van der Waals surface area contributed by atoms with Crippen LogP contribution in [0.2, 0.25) is 0 Å². The van der Waals surface area contributed by atoms with E-state index in [-0.39, 0.29) is 16.8 Å². The van der Waals surface area contributed by atoms with Crippen LogP contribution in [-0.2, 0) is 26.0 Å². The minimum Gasteiger partial charge on any atom is -0.352 e. The Morgan fingerprint density at radius 3 is 2.07 bits per heavy atom. The molecule has 7 nitrogen and oxygen atoms in total. The van der Waals surface area contributed by atoms with Crippen molar-refractivity contribution in [1.82, 2.24) is 10.2 Å². The molecule has 3 aromatic rings. The number of carbonyl (C=O) groups is 2. The monoisotopic (exact) mass is 575 g/mol. The molecule has 41 heavy (non-hydrogen) atoms. The van der Waals surface area contributed by atoms with Gasteiger partial charge in [-0.1, -0.05) is 74.4 Å². The van der Waals surface area contributed by atoms with Crippen molar-refractivity contribution in [3.05, 3.63) is 95.6 Å². The molecule has 8 heteroatoms. The van der Waals surface area contributed by atoms with Gasteiger partial charge in [-0.2, -0.15) is 0 Å². The van der Waals surface area contributed by atoms with Gasteiger partial charge in [0.15, 0.2) is 0 Å². The number of hydrogen-bond acceptors (Lipinski definition) is 4. The second kappa shape index (κ2) is 13.8. The fourth-order valence-electron chi connectivity index (χ4n) is 5.61. The van der Waals surface area contributed by atoms with Gasteiger partial charge >= 0.3 is 0 Å². The summed E-state index contributed by atoms with van der Waals surface area (Å²) >= 11 is 0. The lowest BCUT2D eigenvalue weighted by Gasteiger charge is -2.34. The van der Waals surface area contributed by atoms with Gasteiger partial charge in [0.25, 0.3) is 10.0 Å². The van der Waals surface area contributed by atoms with Crippen molar-refractivity contribution in [1.29, 1.82) is 0 Å². The largest absolute Gasteiger partial charge is 0.352 e. The van der Waals surface area contributed by atoms with Gasteiger partial charge in [-0.3, -0.25) is 13.9 Å². The van der Waals surface area contributed by atoms with Gasteiger partial charge in [-0.15, -0.1) is 0 Å². The van der Waals surface area contributed by atoms with Crippen molar-refractivity contribution in [2.45, 2.75) is 76.3 Å². The molecule has 1 unspecified atom stereocenters. The van der Waals surface area contributed by atoms with Crippen LogP contribution >= 0.6 is 0 Å². The van der Waals surface area contributed by atoms with Crippen LogP contribution in [0.4, 0.5) is 5.69 Å². The lowest BCUT2D eigenvalue weighted by molar-refractivity contribution is -0.139. The number of sulfonamides is 1. The normalized spacial score (nSPS) is 14.4. The third-order valence-corrected chi connectivity index (χ3v) is 9.46. The Bertz CT molecular complexity index is 1400. The molecule has 0 saturated heterocycles. The van der Waals surface area contributed by atoms with Crippen LogP contribution in [0.25, 0.3) is 0 Å². The molecule has 218 valence electrons. The summed E-state index contributed by atoms with van der Waals surface area (Å²) in [6.45, 7) is 5.58. The minimum atomic E-state index is -4.07. The van der Waals surface area contributed by atoms with Crippen molar-refractivity contribution in [3.8, 4) is 0 Å². The van der Waals surface area contributed by atoms with Crippen molar-refractivity contribution >= 4 is 27.5 Å². The summed E-state index contributed by atoms with van der Waals surface area (Å²) in [6, 6.07) is 22.9. The van der Waals surface area contributed by atoms with Gasteiger partial charge in [0.2, 0.25) is 11.8 Å². The lowest BCUT2D eigenvalue weighted by Crippen LogP contribution is -2.54. The molecule has 4 rings (SSSR count). The van der Waals surface area contributed by atoms with Crippen LogP contribution in [0.1, 0.15) is 55.7 Å². The number of aryl methyl sites for hydroxylation is 2. The molecular formula is C33H41N3O4S. The number of amides is 2. The van der Waals surface area contributed by atoms with E-state index in [1.165, 1.54) is 16.4 Å². The molecule has 1 aliphatic rings. The summed E-state index contributed by atoms with van der Waals surface area (Å²) in [6.07, 6.45) is 5.02. The number of rotatable bonds is 12. The van der Waals surface area contributed by atoms with Crippen LogP contribution in [-0.4, -0.2) is 50.3 Å². The molecule has 0 aliphatic heterocycles. The molecular weight excluding hydrogens is 534 g/mol. The molecule has 0 radical (unpaired) electrons. The van der Waals surface area contributed by atoms with E-state index in [2.05, 4.69) is 5.32 Å². The van der Waals surface area contributed by atoms with Gasteiger partial charge in [-0.05, 0) is 80.5 Å². The van der Waals surface area contributed by atoms with E-state index in [1.807, 2.05) is 57.2 Å². The van der Waals surface area contributed by atoms with Crippen LogP contribution < -0.4 is 9.62 Å². The zero-order valence-corrected chi connectivity index (χ0v) is 25.1. The highest BCUT2D eigenvalue weighted by Crippen LogP contribution is 2.27. The molecule has 0 heterocycles. The van der Waals surface area contributed by atoms with Crippen molar-refractivity contribution in [2.75, 3.05) is 17.4 Å². The summed E-state index contributed by atoms with van der Waals surface area (Å²) in [5.41, 5.74) is 3.25. The molecule has 2 amide bonds. The molecule has 1 N–H and O–H groups in total. The van der Waals surface area contributed by atoms with E-state index in [4.69, 9.17) is 0 Å². The average Bonchev–Trinajstić information content (AvgIpc) is 3.47. The first-order chi connectivity index (χ1) is 19.7. The van der Waals surface area contributed by atoms with Crippen LogP contribution in [0, 0.1) is 13.8 Å². The molecule has 1 aliphatic carbocycles. The Kier molecular flexibility index (Phi) is 10.2. The zero-order valence-electron chi connectivity index (χ0n) is 24.3. The number of carbonyl (C=O) groups excluding carboxylic acids is 2. The molecule has 1 atom stereocenters. The standard InChI is InChI=1S/C33H41N3O4S/c1-4-31(33(38)34-28-15-11-12-16-28)35(20-19-27-13-7-5-8-14-27)32(37)24-36(29-22-25(2)21-26(3)23-29)41(39,40)30-17-9-6-10-18-30/h5-10,13-14,17-18,21-23,28,31H,4,11-12,15-16,19-20,24H2,1-3H3,(H,34,38). The summed E-state index contributed by atoms with van der Waals surface area (Å²) in [7, 11) is -4.07. The summed E-state index contributed by atoms with van der Waals surface area (Å²) in [5, 5.41) is 3.15. The predicted molar refractivity (Wildman–Crippen MR) is 163 cm³/mol. The van der Waals surface area contributed by atoms with E-state index in [1.54, 1.807) is 35.2 Å². The van der Waals surface area contributed by atoms with Gasteiger partial charge in [0.1, 0.15) is 12.6 Å². The number of benzene rings is 3. The average molecular weight is 576 g/mol. The quantitative estimate of drug-likeness (QED) is 0.313. The van der Waals surface area contributed by atoms with Crippen LogP contribution in [0.5, 0.6) is 0 Å². The molecule has 0 spiro atoms. The van der Waals surface area contributed by atoms with E-state index < -0.39 is 28.5 Å². The first-order valence-electron chi connectivity index (χ1n) is 14.5. The summed E-state index contributed by atoms with van der Waals surface area (Å²) < 4.78 is 29.1. The molecule has 0 aromatic heterocycles. The third kappa shape index (κ3) is 7.76. The Labute approximate surface area is 244 Å². The van der Waals surface area contributed by atoms with Crippen molar-refractivity contribution in [2.24, 2.45) is 0 Å². The Balaban J connectivity index is 1.69. The highest BCUT2D eigenvalue weighted by molar-refractivity contribution is 7.92. The SMILES string of the molecule is CCC(C(=O)NC1CCCC1)N(CCc1ccccc1)C(=O)CN(c1cc(C)cc(C)c1)S(=O)(=O)c1ccccc1. The van der Waals surface area contributed by atoms with Gasteiger partial charge in [0, 0.05) is 12.6 Å². The van der Waals surface area contributed by atoms with E-state index in [0.29, 0.717) is 25.1 Å². The van der Waals surface area contributed by atoms with Gasteiger partial charge in [-0.25, -0.2) is 8.42 Å². The second-order valence-corrected chi connectivity index (χ2v) is 12.8. The second-order valence-electron chi connectivity index (χ2n) is 10.9. The van der Waals surface area contributed by atoms with Crippen LogP contribution in [0.15, 0.2) is 83.8 Å². The Morgan fingerprint density at radius 2 is 1.49 bits per heavy atom.